The molecule has 0 spiro atoms. The Balaban J connectivity index is 3.22. The van der Waals surface area contributed by atoms with E-state index in [1.807, 2.05) is 19.1 Å². The molecule has 3 nitrogen and oxygen atoms in total. The van der Waals surface area contributed by atoms with E-state index < -0.39 is 0 Å². The number of carbonyl (C=O) groups is 1. The highest BCUT2D eigenvalue weighted by Crippen LogP contribution is 2.30. The molecule has 4 heteroatoms. The van der Waals surface area contributed by atoms with Crippen LogP contribution in [0.1, 0.15) is 22.8 Å². The molecule has 0 aliphatic heterocycles. The number of ketones is 1. The number of hydrogen-bond donors (Lipinski definition) is 1. The summed E-state index contributed by atoms with van der Waals surface area (Å²) in [5.41, 5.74) is 1.58. The number of aryl methyl sites for hydroxylation is 1. The van der Waals surface area contributed by atoms with Crippen LogP contribution in [0.5, 0.6) is 5.75 Å². The lowest BCUT2D eigenvalue weighted by Crippen LogP contribution is -2.19. The van der Waals surface area contributed by atoms with E-state index in [1.54, 1.807) is 7.05 Å². The monoisotopic (exact) mass is 241 g/mol. The number of methoxy groups -OCH3 is 1. The summed E-state index contributed by atoms with van der Waals surface area (Å²) < 4.78 is 5.16. The Morgan fingerprint density at radius 2 is 2.19 bits per heavy atom. The van der Waals surface area contributed by atoms with Crippen LogP contribution in [0.15, 0.2) is 12.1 Å². The maximum Gasteiger partial charge on any atom is 0.180 e. The predicted molar refractivity (Wildman–Crippen MR) is 65.6 cm³/mol. The number of hydrogen-bond acceptors (Lipinski definition) is 3. The van der Waals surface area contributed by atoms with Crippen LogP contribution in [0.3, 0.4) is 0 Å². The summed E-state index contributed by atoms with van der Waals surface area (Å²) in [5, 5.41) is 3.31. The van der Waals surface area contributed by atoms with Gasteiger partial charge in [-0.2, -0.15) is 0 Å². The second kappa shape index (κ2) is 5.87. The molecule has 0 bridgehead atoms. The van der Waals surface area contributed by atoms with Crippen molar-refractivity contribution in [1.29, 1.82) is 0 Å². The quantitative estimate of drug-likeness (QED) is 0.804. The van der Waals surface area contributed by atoms with Crippen LogP contribution in [0.4, 0.5) is 0 Å². The fraction of sp³-hybridized carbons (Fsp3) is 0.417. The van der Waals surface area contributed by atoms with Gasteiger partial charge in [0.25, 0.3) is 0 Å². The Kier molecular flexibility index (Phi) is 4.77. The van der Waals surface area contributed by atoms with E-state index in [0.29, 0.717) is 16.3 Å². The minimum absolute atomic E-state index is 0.0171. The predicted octanol–water partition coefficient (Wildman–Crippen LogP) is 2.31. The van der Waals surface area contributed by atoms with Crippen LogP contribution < -0.4 is 10.1 Å². The van der Waals surface area contributed by atoms with Crippen molar-refractivity contribution in [2.45, 2.75) is 13.3 Å². The lowest BCUT2D eigenvalue weighted by Gasteiger charge is -2.11. The Morgan fingerprint density at radius 1 is 1.50 bits per heavy atom. The van der Waals surface area contributed by atoms with Crippen molar-refractivity contribution >= 4 is 17.4 Å². The maximum absolute atomic E-state index is 11.8. The van der Waals surface area contributed by atoms with E-state index in [9.17, 15) is 4.79 Å². The van der Waals surface area contributed by atoms with E-state index in [1.165, 1.54) is 7.11 Å². The van der Waals surface area contributed by atoms with Crippen LogP contribution in [0, 0.1) is 0 Å². The second-order valence-corrected chi connectivity index (χ2v) is 3.87. The SMILES string of the molecule is CCc1cc(Cl)c(OC)c(C(=O)CNC)c1. The van der Waals surface area contributed by atoms with Gasteiger partial charge in [0, 0.05) is 0 Å². The molecule has 88 valence electrons. The fourth-order valence-corrected chi connectivity index (χ4v) is 1.84. The molecule has 1 aromatic carbocycles. The molecule has 0 saturated heterocycles. The molecule has 0 radical (unpaired) electrons. The number of nitrogens with one attached hydrogen (secondary N) is 1. The van der Waals surface area contributed by atoms with Crippen molar-refractivity contribution in [2.75, 3.05) is 20.7 Å². The molecule has 0 amide bonds. The second-order valence-electron chi connectivity index (χ2n) is 3.47. The first-order valence-electron chi connectivity index (χ1n) is 5.18. The Hall–Kier alpha value is -1.06. The third-order valence-electron chi connectivity index (χ3n) is 2.35. The number of carbonyl (C=O) groups excluding carboxylic acids is 1. The van der Waals surface area contributed by atoms with Crippen molar-refractivity contribution in [2.24, 2.45) is 0 Å². The van der Waals surface area contributed by atoms with E-state index in [0.717, 1.165) is 12.0 Å². The van der Waals surface area contributed by atoms with Crippen LogP contribution in [0.2, 0.25) is 5.02 Å². The summed E-state index contributed by atoms with van der Waals surface area (Å²) in [7, 11) is 3.25. The van der Waals surface area contributed by atoms with E-state index in [4.69, 9.17) is 16.3 Å². The van der Waals surface area contributed by atoms with Crippen LogP contribution in [-0.4, -0.2) is 26.5 Å². The zero-order valence-corrected chi connectivity index (χ0v) is 10.5. The minimum atomic E-state index is -0.0171. The maximum atomic E-state index is 11.8. The first kappa shape index (κ1) is 13.0. The number of ether oxygens (including phenoxy) is 1. The van der Waals surface area contributed by atoms with Gasteiger partial charge in [-0.1, -0.05) is 18.5 Å². The largest absolute Gasteiger partial charge is 0.494 e. The molecule has 1 rings (SSSR count). The van der Waals surface area contributed by atoms with E-state index in [2.05, 4.69) is 5.32 Å². The Morgan fingerprint density at radius 3 is 2.69 bits per heavy atom. The lowest BCUT2D eigenvalue weighted by molar-refractivity contribution is 0.0990. The zero-order valence-electron chi connectivity index (χ0n) is 9.76. The third kappa shape index (κ3) is 2.74. The number of rotatable bonds is 5. The van der Waals surface area contributed by atoms with Crippen LogP contribution in [0.25, 0.3) is 0 Å². The average Bonchev–Trinajstić information content (AvgIpc) is 2.28. The summed E-state index contributed by atoms with van der Waals surface area (Å²) in [4.78, 5) is 11.8. The van der Waals surface area contributed by atoms with Crippen LogP contribution >= 0.6 is 11.6 Å². The molecule has 1 N–H and O–H groups in total. The van der Waals surface area contributed by atoms with Crippen LogP contribution in [-0.2, 0) is 6.42 Å². The first-order chi connectivity index (χ1) is 7.63. The molecule has 0 unspecified atom stereocenters. The fourth-order valence-electron chi connectivity index (χ4n) is 1.52. The third-order valence-corrected chi connectivity index (χ3v) is 2.63. The molecule has 0 heterocycles. The van der Waals surface area contributed by atoms with Crippen molar-refractivity contribution in [1.82, 2.24) is 5.32 Å². The molecule has 0 fully saturated rings. The summed E-state index contributed by atoms with van der Waals surface area (Å²) in [6, 6.07) is 3.67. The van der Waals surface area contributed by atoms with Gasteiger partial charge in [0.1, 0.15) is 5.75 Å². The van der Waals surface area contributed by atoms with Gasteiger partial charge in [0.2, 0.25) is 0 Å². The molecule has 0 aromatic heterocycles. The summed E-state index contributed by atoms with van der Waals surface area (Å²) >= 11 is 6.06. The lowest BCUT2D eigenvalue weighted by atomic mass is 10.0. The number of halogens is 1. The molecule has 16 heavy (non-hydrogen) atoms. The highest BCUT2D eigenvalue weighted by Gasteiger charge is 2.15. The van der Waals surface area contributed by atoms with Gasteiger partial charge in [0.15, 0.2) is 5.78 Å². The van der Waals surface area contributed by atoms with Gasteiger partial charge in [-0.3, -0.25) is 4.79 Å². The highest BCUT2D eigenvalue weighted by molar-refractivity contribution is 6.32. The summed E-state index contributed by atoms with van der Waals surface area (Å²) in [5.74, 6) is 0.440. The average molecular weight is 242 g/mol. The van der Waals surface area contributed by atoms with Crippen molar-refractivity contribution in [3.63, 3.8) is 0 Å². The number of likely N-dealkylation sites (N-methyl/N-ethyl adjacent to an activating group) is 1. The minimum Gasteiger partial charge on any atom is -0.494 e. The van der Waals surface area contributed by atoms with Gasteiger partial charge in [-0.25, -0.2) is 0 Å². The van der Waals surface area contributed by atoms with Gasteiger partial charge < -0.3 is 10.1 Å². The molecule has 0 aliphatic rings. The topological polar surface area (TPSA) is 38.3 Å². The van der Waals surface area contributed by atoms with E-state index in [-0.39, 0.29) is 12.3 Å². The van der Waals surface area contributed by atoms with Gasteiger partial charge >= 0.3 is 0 Å². The summed E-state index contributed by atoms with van der Waals surface area (Å²) in [6.07, 6.45) is 0.837. The number of benzene rings is 1. The smallest absolute Gasteiger partial charge is 0.180 e. The highest BCUT2D eigenvalue weighted by atomic mass is 35.5. The molecule has 0 aliphatic carbocycles. The zero-order chi connectivity index (χ0) is 12.1. The molecular formula is C12H16ClNO2. The molecule has 1 aromatic rings. The van der Waals surface area contributed by atoms with Crippen molar-refractivity contribution < 1.29 is 9.53 Å². The number of Topliss-reactive ketones (excluding diaryl/α,β-unsaturated/α-hetero) is 1. The first-order valence-corrected chi connectivity index (χ1v) is 5.56. The molecular weight excluding hydrogens is 226 g/mol. The molecule has 0 saturated carbocycles. The van der Waals surface area contributed by atoms with Crippen molar-refractivity contribution in [3.05, 3.63) is 28.3 Å². The van der Waals surface area contributed by atoms with Gasteiger partial charge in [0.05, 0.1) is 24.2 Å². The summed E-state index contributed by atoms with van der Waals surface area (Å²) in [6.45, 7) is 2.30. The standard InChI is InChI=1S/C12H16ClNO2/c1-4-8-5-9(11(15)7-14-2)12(16-3)10(13)6-8/h5-6,14H,4,7H2,1-3H3. The van der Waals surface area contributed by atoms with Gasteiger partial charge in [-0.05, 0) is 31.2 Å². The Bertz CT molecular complexity index is 391. The van der Waals surface area contributed by atoms with Gasteiger partial charge in [-0.15, -0.1) is 0 Å². The molecule has 0 atom stereocenters. The van der Waals surface area contributed by atoms with Crippen molar-refractivity contribution in [3.8, 4) is 5.75 Å². The van der Waals surface area contributed by atoms with E-state index >= 15 is 0 Å². The normalized spacial score (nSPS) is 10.2. The Labute approximate surface area is 101 Å².